The molecule has 18 heavy (non-hydrogen) atoms. The van der Waals surface area contributed by atoms with Crippen LogP contribution in [0.15, 0.2) is 24.3 Å². The minimum absolute atomic E-state index is 0.207. The van der Waals surface area contributed by atoms with E-state index in [1.54, 1.807) is 0 Å². The molecule has 2 aliphatic rings. The molecule has 0 spiro atoms. The summed E-state index contributed by atoms with van der Waals surface area (Å²) >= 11 is 0. The molecular weight excluding hydrogens is 239 g/mol. The summed E-state index contributed by atoms with van der Waals surface area (Å²) in [6.07, 6.45) is -1.29. The summed E-state index contributed by atoms with van der Waals surface area (Å²) < 4.78 is 38.3. The molecule has 0 aromatic heterocycles. The zero-order valence-electron chi connectivity index (χ0n) is 10.1. The lowest BCUT2D eigenvalue weighted by Gasteiger charge is -2.20. The topological polar surface area (TPSA) is 12.0 Å². The molecule has 4 heteroatoms. The van der Waals surface area contributed by atoms with Crippen molar-refractivity contribution in [1.82, 2.24) is 5.32 Å². The minimum atomic E-state index is -4.12. The molecule has 0 heterocycles. The summed E-state index contributed by atoms with van der Waals surface area (Å²) in [5, 5.41) is 2.69. The number of nitrogens with one attached hydrogen (secondary N) is 1. The first-order chi connectivity index (χ1) is 8.50. The Bertz CT molecular complexity index is 445. The maximum absolute atomic E-state index is 12.8. The van der Waals surface area contributed by atoms with E-state index in [0.717, 1.165) is 5.56 Å². The lowest BCUT2D eigenvalue weighted by Crippen LogP contribution is -2.44. The van der Waals surface area contributed by atoms with Crippen molar-refractivity contribution in [3.8, 4) is 0 Å². The van der Waals surface area contributed by atoms with E-state index in [1.807, 2.05) is 18.2 Å². The van der Waals surface area contributed by atoms with E-state index in [9.17, 15) is 13.2 Å². The van der Waals surface area contributed by atoms with Crippen LogP contribution in [0.25, 0.3) is 0 Å². The number of alkyl halides is 3. The van der Waals surface area contributed by atoms with Crippen LogP contribution >= 0.6 is 0 Å². The average Bonchev–Trinajstić information content (AvgIpc) is 3.17. The Morgan fingerprint density at radius 1 is 1.22 bits per heavy atom. The zero-order chi connectivity index (χ0) is 12.8. The molecule has 0 bridgehead atoms. The Morgan fingerprint density at radius 3 is 2.50 bits per heavy atom. The van der Waals surface area contributed by atoms with E-state index >= 15 is 0 Å². The summed E-state index contributed by atoms with van der Waals surface area (Å²) in [6.45, 7) is 0.306. The number of hydrogen-bond donors (Lipinski definition) is 1. The second-order valence-electron chi connectivity index (χ2n) is 5.45. The standard InChI is InChI=1S/C14H16F3N/c15-14(16,17)13(6-7-13)18-9-10-2-1-3-12(8-10)11-4-5-11/h1-3,8,11,18H,4-7,9H2. The predicted octanol–water partition coefficient (Wildman–Crippen LogP) is 3.75. The van der Waals surface area contributed by atoms with Crippen molar-refractivity contribution in [1.29, 1.82) is 0 Å². The molecule has 0 aliphatic heterocycles. The Morgan fingerprint density at radius 2 is 1.94 bits per heavy atom. The number of rotatable bonds is 4. The highest BCUT2D eigenvalue weighted by Gasteiger charge is 2.62. The van der Waals surface area contributed by atoms with E-state index < -0.39 is 11.7 Å². The van der Waals surface area contributed by atoms with Gasteiger partial charge in [0.2, 0.25) is 0 Å². The molecule has 98 valence electrons. The van der Waals surface area contributed by atoms with Gasteiger partial charge in [0.25, 0.3) is 0 Å². The molecule has 0 amide bonds. The van der Waals surface area contributed by atoms with Gasteiger partial charge in [0, 0.05) is 6.54 Å². The van der Waals surface area contributed by atoms with Crippen molar-refractivity contribution in [3.05, 3.63) is 35.4 Å². The van der Waals surface area contributed by atoms with E-state index in [-0.39, 0.29) is 12.8 Å². The van der Waals surface area contributed by atoms with Crippen molar-refractivity contribution < 1.29 is 13.2 Å². The average molecular weight is 255 g/mol. The molecule has 1 aromatic carbocycles. The van der Waals surface area contributed by atoms with Gasteiger partial charge in [-0.15, -0.1) is 0 Å². The largest absolute Gasteiger partial charge is 0.406 e. The van der Waals surface area contributed by atoms with Crippen LogP contribution in [0.5, 0.6) is 0 Å². The quantitative estimate of drug-likeness (QED) is 0.864. The van der Waals surface area contributed by atoms with Crippen LogP contribution in [0.4, 0.5) is 13.2 Å². The van der Waals surface area contributed by atoms with Crippen LogP contribution < -0.4 is 5.32 Å². The Hall–Kier alpha value is -1.03. The Balaban J connectivity index is 1.65. The fourth-order valence-electron chi connectivity index (χ4n) is 2.33. The van der Waals surface area contributed by atoms with Crippen LogP contribution in [0.2, 0.25) is 0 Å². The summed E-state index contributed by atoms with van der Waals surface area (Å²) in [6, 6.07) is 7.94. The first-order valence-corrected chi connectivity index (χ1v) is 6.41. The smallest absolute Gasteiger partial charge is 0.299 e. The lowest BCUT2D eigenvalue weighted by atomic mass is 10.1. The summed E-state index contributed by atoms with van der Waals surface area (Å²) in [5.74, 6) is 0.641. The van der Waals surface area contributed by atoms with Gasteiger partial charge in [-0.2, -0.15) is 13.2 Å². The van der Waals surface area contributed by atoms with Gasteiger partial charge >= 0.3 is 6.18 Å². The van der Waals surface area contributed by atoms with E-state index in [2.05, 4.69) is 11.4 Å². The third kappa shape index (κ3) is 2.26. The van der Waals surface area contributed by atoms with Crippen LogP contribution in [0, 0.1) is 0 Å². The van der Waals surface area contributed by atoms with E-state index in [1.165, 1.54) is 18.4 Å². The molecule has 0 radical (unpaired) electrons. The molecule has 1 aromatic rings. The van der Waals surface area contributed by atoms with E-state index in [0.29, 0.717) is 12.5 Å². The summed E-state index contributed by atoms with van der Waals surface area (Å²) in [5.41, 5.74) is 0.615. The molecule has 0 saturated heterocycles. The third-order valence-electron chi connectivity index (χ3n) is 3.92. The van der Waals surface area contributed by atoms with Crippen LogP contribution in [0.1, 0.15) is 42.7 Å². The van der Waals surface area contributed by atoms with Crippen molar-refractivity contribution >= 4 is 0 Å². The van der Waals surface area contributed by atoms with E-state index in [4.69, 9.17) is 0 Å². The molecule has 3 rings (SSSR count). The SMILES string of the molecule is FC(F)(F)C1(NCc2cccc(C3CC3)c2)CC1. The molecule has 2 saturated carbocycles. The maximum Gasteiger partial charge on any atom is 0.406 e. The fourth-order valence-corrected chi connectivity index (χ4v) is 2.33. The molecule has 2 fully saturated rings. The van der Waals surface area contributed by atoms with Gasteiger partial charge in [-0.05, 0) is 42.7 Å². The highest BCUT2D eigenvalue weighted by molar-refractivity contribution is 5.29. The molecule has 0 atom stereocenters. The Kier molecular flexibility index (Phi) is 2.66. The second-order valence-corrected chi connectivity index (χ2v) is 5.45. The maximum atomic E-state index is 12.8. The van der Waals surface area contributed by atoms with Crippen LogP contribution in [-0.2, 0) is 6.54 Å². The first-order valence-electron chi connectivity index (χ1n) is 6.41. The van der Waals surface area contributed by atoms with Gasteiger partial charge in [0.1, 0.15) is 5.54 Å². The van der Waals surface area contributed by atoms with Gasteiger partial charge in [0.05, 0.1) is 0 Å². The zero-order valence-corrected chi connectivity index (χ0v) is 10.1. The van der Waals surface area contributed by atoms with Crippen LogP contribution in [-0.4, -0.2) is 11.7 Å². The molecule has 1 nitrogen and oxygen atoms in total. The monoisotopic (exact) mass is 255 g/mol. The lowest BCUT2D eigenvalue weighted by molar-refractivity contribution is -0.166. The van der Waals surface area contributed by atoms with Crippen molar-refractivity contribution in [3.63, 3.8) is 0 Å². The number of halogens is 3. The van der Waals surface area contributed by atoms with Gasteiger partial charge in [0.15, 0.2) is 0 Å². The normalized spacial score (nSPS) is 21.9. The van der Waals surface area contributed by atoms with Gasteiger partial charge in [-0.3, -0.25) is 5.32 Å². The number of hydrogen-bond acceptors (Lipinski definition) is 1. The molecular formula is C14H16F3N. The number of benzene rings is 1. The van der Waals surface area contributed by atoms with Gasteiger partial charge in [-0.25, -0.2) is 0 Å². The predicted molar refractivity (Wildman–Crippen MR) is 63.3 cm³/mol. The van der Waals surface area contributed by atoms with Gasteiger partial charge in [-0.1, -0.05) is 24.3 Å². The second kappa shape index (κ2) is 3.98. The minimum Gasteiger partial charge on any atom is -0.299 e. The van der Waals surface area contributed by atoms with Crippen molar-refractivity contribution in [2.45, 2.75) is 49.9 Å². The fraction of sp³-hybridized carbons (Fsp3) is 0.571. The first kappa shape index (κ1) is 12.0. The van der Waals surface area contributed by atoms with Crippen LogP contribution in [0.3, 0.4) is 0 Å². The molecule has 2 aliphatic carbocycles. The summed E-state index contributed by atoms with van der Waals surface area (Å²) in [7, 11) is 0. The third-order valence-corrected chi connectivity index (χ3v) is 3.92. The Labute approximate surface area is 104 Å². The van der Waals surface area contributed by atoms with Crippen molar-refractivity contribution in [2.75, 3.05) is 0 Å². The highest BCUT2D eigenvalue weighted by atomic mass is 19.4. The van der Waals surface area contributed by atoms with Gasteiger partial charge < -0.3 is 0 Å². The molecule has 0 unspecified atom stereocenters. The van der Waals surface area contributed by atoms with Crippen molar-refractivity contribution in [2.24, 2.45) is 0 Å². The molecule has 1 N–H and O–H groups in total. The highest BCUT2D eigenvalue weighted by Crippen LogP contribution is 2.49. The summed E-state index contributed by atoms with van der Waals surface area (Å²) in [4.78, 5) is 0.